The number of ether oxygens (including phenoxy) is 2. The summed E-state index contributed by atoms with van der Waals surface area (Å²) in [7, 11) is -3.81. The van der Waals surface area contributed by atoms with Crippen molar-refractivity contribution >= 4 is 27.1 Å². The molecule has 0 saturated carbocycles. The molecule has 0 aliphatic carbocycles. The van der Waals surface area contributed by atoms with Gasteiger partial charge in [0.25, 0.3) is 15.6 Å². The molecule has 8 nitrogen and oxygen atoms in total. The number of H-pyrrole nitrogens is 1. The maximum Gasteiger partial charge on any atom is 0.276 e. The van der Waals surface area contributed by atoms with Crippen molar-refractivity contribution in [3.63, 3.8) is 0 Å². The highest BCUT2D eigenvalue weighted by Crippen LogP contribution is 2.35. The smallest absolute Gasteiger partial charge is 0.276 e. The molecular weight excluding hydrogens is 370 g/mol. The normalized spacial score (nSPS) is 13.4. The van der Waals surface area contributed by atoms with Crippen LogP contribution in [0.25, 0.3) is 10.9 Å². The number of aromatic amines is 1. The van der Waals surface area contributed by atoms with Crippen LogP contribution in [0.15, 0.2) is 57.3 Å². The third kappa shape index (κ3) is 3.36. The van der Waals surface area contributed by atoms with E-state index < -0.39 is 15.6 Å². The minimum absolute atomic E-state index is 0.0883. The summed E-state index contributed by atoms with van der Waals surface area (Å²) in [6, 6.07) is 11.4. The SMILES string of the molecule is Cc1ccc(S(=O)(=O)NN=Cc2cc3cc4c(cc3[nH]c2=O)OCO4)cc1. The van der Waals surface area contributed by atoms with Gasteiger partial charge in [-0.2, -0.15) is 13.5 Å². The molecule has 2 heterocycles. The van der Waals surface area contributed by atoms with E-state index in [1.807, 2.05) is 6.92 Å². The first-order valence-electron chi connectivity index (χ1n) is 8.01. The van der Waals surface area contributed by atoms with Crippen molar-refractivity contribution in [2.45, 2.75) is 11.8 Å². The predicted octanol–water partition coefficient (Wildman–Crippen LogP) is 1.88. The lowest BCUT2D eigenvalue weighted by Crippen LogP contribution is -2.19. The van der Waals surface area contributed by atoms with Gasteiger partial charge in [0.1, 0.15) is 0 Å². The number of aromatic nitrogens is 1. The van der Waals surface area contributed by atoms with Gasteiger partial charge in [-0.15, -0.1) is 0 Å². The Morgan fingerprint density at radius 2 is 1.81 bits per heavy atom. The lowest BCUT2D eigenvalue weighted by molar-refractivity contribution is 0.174. The average molecular weight is 385 g/mol. The lowest BCUT2D eigenvalue weighted by atomic mass is 10.1. The zero-order chi connectivity index (χ0) is 19.0. The summed E-state index contributed by atoms with van der Waals surface area (Å²) >= 11 is 0. The topological polar surface area (TPSA) is 110 Å². The van der Waals surface area contributed by atoms with E-state index in [4.69, 9.17) is 9.47 Å². The van der Waals surface area contributed by atoms with E-state index in [1.165, 1.54) is 12.1 Å². The minimum Gasteiger partial charge on any atom is -0.454 e. The van der Waals surface area contributed by atoms with Gasteiger partial charge >= 0.3 is 0 Å². The Labute approximate surface area is 154 Å². The van der Waals surface area contributed by atoms with Gasteiger partial charge in [0, 0.05) is 11.5 Å². The number of hydrogen-bond acceptors (Lipinski definition) is 6. The zero-order valence-electron chi connectivity index (χ0n) is 14.2. The summed E-state index contributed by atoms with van der Waals surface area (Å²) in [6.45, 7) is 1.99. The molecule has 138 valence electrons. The maximum atomic E-state index is 12.2. The number of benzene rings is 2. The number of hydrogen-bond donors (Lipinski definition) is 2. The number of nitrogens with zero attached hydrogens (tertiary/aromatic N) is 1. The molecular formula is C18H15N3O5S. The van der Waals surface area contributed by atoms with Crippen molar-refractivity contribution in [1.82, 2.24) is 9.82 Å². The van der Waals surface area contributed by atoms with Crippen LogP contribution in [0.5, 0.6) is 11.5 Å². The van der Waals surface area contributed by atoms with Gasteiger partial charge in [0.2, 0.25) is 6.79 Å². The van der Waals surface area contributed by atoms with Crippen LogP contribution < -0.4 is 19.9 Å². The van der Waals surface area contributed by atoms with E-state index in [0.29, 0.717) is 22.4 Å². The molecule has 1 aliphatic rings. The third-order valence-electron chi connectivity index (χ3n) is 4.07. The van der Waals surface area contributed by atoms with E-state index in [2.05, 4.69) is 14.9 Å². The number of sulfonamides is 1. The molecule has 4 rings (SSSR count). The molecule has 0 radical (unpaired) electrons. The number of rotatable bonds is 4. The Hall–Kier alpha value is -3.33. The monoisotopic (exact) mass is 385 g/mol. The number of nitrogens with one attached hydrogen (secondary N) is 2. The highest BCUT2D eigenvalue weighted by molar-refractivity contribution is 7.89. The van der Waals surface area contributed by atoms with Crippen molar-refractivity contribution in [1.29, 1.82) is 0 Å². The van der Waals surface area contributed by atoms with Gasteiger partial charge < -0.3 is 14.5 Å². The first-order chi connectivity index (χ1) is 12.9. The van der Waals surface area contributed by atoms with E-state index in [0.717, 1.165) is 11.8 Å². The van der Waals surface area contributed by atoms with Crippen LogP contribution in [0.4, 0.5) is 0 Å². The highest BCUT2D eigenvalue weighted by atomic mass is 32.2. The van der Waals surface area contributed by atoms with Crippen LogP contribution in [-0.2, 0) is 10.0 Å². The number of hydrazone groups is 1. The summed E-state index contributed by atoms with van der Waals surface area (Å²) in [5.41, 5.74) is 1.33. The summed E-state index contributed by atoms with van der Waals surface area (Å²) in [4.78, 5) is 17.1. The van der Waals surface area contributed by atoms with Gasteiger partial charge in [0.15, 0.2) is 11.5 Å². The summed E-state index contributed by atoms with van der Waals surface area (Å²) in [5.74, 6) is 1.14. The molecule has 0 fully saturated rings. The first-order valence-corrected chi connectivity index (χ1v) is 9.49. The highest BCUT2D eigenvalue weighted by Gasteiger charge is 2.15. The Balaban J connectivity index is 1.61. The van der Waals surface area contributed by atoms with Gasteiger partial charge in [0.05, 0.1) is 22.2 Å². The fourth-order valence-corrected chi connectivity index (χ4v) is 3.44. The van der Waals surface area contributed by atoms with Crippen LogP contribution in [0.1, 0.15) is 11.1 Å². The van der Waals surface area contributed by atoms with Crippen molar-refractivity contribution in [3.05, 3.63) is 63.9 Å². The minimum atomic E-state index is -3.81. The van der Waals surface area contributed by atoms with Gasteiger partial charge in [-0.3, -0.25) is 4.79 Å². The molecule has 0 atom stereocenters. The zero-order valence-corrected chi connectivity index (χ0v) is 15.0. The standard InChI is InChI=1S/C18H15N3O5S/c1-11-2-4-14(5-3-11)27(23,24)21-19-9-13-6-12-7-16-17(26-10-25-16)8-15(12)20-18(13)22/h2-9,21H,10H2,1H3,(H,20,22). The third-order valence-corrected chi connectivity index (χ3v) is 5.31. The quantitative estimate of drug-likeness (QED) is 0.526. The van der Waals surface area contributed by atoms with Gasteiger partial charge in [-0.05, 0) is 31.2 Å². The second kappa shape index (κ2) is 6.44. The van der Waals surface area contributed by atoms with Crippen LogP contribution in [-0.4, -0.2) is 26.4 Å². The van der Waals surface area contributed by atoms with Gasteiger partial charge in [-0.25, -0.2) is 4.83 Å². The summed E-state index contributed by atoms with van der Waals surface area (Å²) in [5, 5.41) is 4.42. The second-order valence-corrected chi connectivity index (χ2v) is 7.67. The Kier molecular flexibility index (Phi) is 4.08. The molecule has 27 heavy (non-hydrogen) atoms. The molecule has 0 spiro atoms. The van der Waals surface area contributed by atoms with E-state index in [-0.39, 0.29) is 17.3 Å². The molecule has 1 aromatic heterocycles. The van der Waals surface area contributed by atoms with Crippen molar-refractivity contribution in [3.8, 4) is 11.5 Å². The molecule has 0 bridgehead atoms. The number of aryl methyl sites for hydroxylation is 1. The van der Waals surface area contributed by atoms with Crippen molar-refractivity contribution in [2.24, 2.45) is 5.10 Å². The maximum absolute atomic E-state index is 12.2. The fraction of sp³-hybridized carbons (Fsp3) is 0.111. The molecule has 0 unspecified atom stereocenters. The van der Waals surface area contributed by atoms with E-state index >= 15 is 0 Å². The molecule has 2 N–H and O–H groups in total. The second-order valence-electron chi connectivity index (χ2n) is 6.01. The van der Waals surface area contributed by atoms with Crippen molar-refractivity contribution in [2.75, 3.05) is 6.79 Å². The first kappa shape index (κ1) is 17.1. The number of fused-ring (bicyclic) bond motifs is 2. The summed E-state index contributed by atoms with van der Waals surface area (Å²) in [6.07, 6.45) is 1.16. The molecule has 3 aromatic rings. The molecule has 1 aliphatic heterocycles. The van der Waals surface area contributed by atoms with Crippen LogP contribution in [0.2, 0.25) is 0 Å². The van der Waals surface area contributed by atoms with Crippen LogP contribution in [0.3, 0.4) is 0 Å². The van der Waals surface area contributed by atoms with Gasteiger partial charge in [-0.1, -0.05) is 17.7 Å². The number of pyridine rings is 1. The van der Waals surface area contributed by atoms with Crippen molar-refractivity contribution < 1.29 is 17.9 Å². The lowest BCUT2D eigenvalue weighted by Gasteiger charge is -2.04. The Morgan fingerprint density at radius 1 is 1.11 bits per heavy atom. The van der Waals surface area contributed by atoms with E-state index in [9.17, 15) is 13.2 Å². The average Bonchev–Trinajstić information content (AvgIpc) is 3.08. The largest absolute Gasteiger partial charge is 0.454 e. The Bertz CT molecular complexity index is 1210. The summed E-state index contributed by atoms with van der Waals surface area (Å²) < 4.78 is 35.0. The Morgan fingerprint density at radius 3 is 2.56 bits per heavy atom. The van der Waals surface area contributed by atoms with E-state index in [1.54, 1.807) is 30.3 Å². The fourth-order valence-electron chi connectivity index (χ4n) is 2.64. The van der Waals surface area contributed by atoms with Crippen LogP contribution >= 0.6 is 0 Å². The molecule has 0 amide bonds. The molecule has 2 aromatic carbocycles. The predicted molar refractivity (Wildman–Crippen MR) is 99.8 cm³/mol. The molecule has 0 saturated heterocycles. The van der Waals surface area contributed by atoms with Crippen LogP contribution in [0, 0.1) is 6.92 Å². The molecule has 9 heteroatoms.